The molecule has 0 bridgehead atoms. The zero-order valence-electron chi connectivity index (χ0n) is 10.1. The minimum absolute atomic E-state index is 0.108. The van der Waals surface area contributed by atoms with Crippen molar-refractivity contribution in [1.29, 1.82) is 5.41 Å². The van der Waals surface area contributed by atoms with Gasteiger partial charge >= 0.3 is 0 Å². The molecule has 1 aromatic rings. The van der Waals surface area contributed by atoms with Gasteiger partial charge in [-0.05, 0) is 37.1 Å². The second-order valence-corrected chi connectivity index (χ2v) is 5.40. The van der Waals surface area contributed by atoms with Gasteiger partial charge in [-0.3, -0.25) is 5.41 Å². The lowest BCUT2D eigenvalue weighted by Crippen LogP contribution is -2.11. The normalized spacial score (nSPS) is 10.8. The highest BCUT2D eigenvalue weighted by Crippen LogP contribution is 2.20. The summed E-state index contributed by atoms with van der Waals surface area (Å²) in [4.78, 5) is 4.42. The predicted molar refractivity (Wildman–Crippen MR) is 70.2 cm³/mol. The predicted octanol–water partition coefficient (Wildman–Crippen LogP) is 2.81. The molecule has 0 radical (unpaired) electrons. The van der Waals surface area contributed by atoms with E-state index in [1.54, 1.807) is 11.8 Å². The highest BCUT2D eigenvalue weighted by atomic mass is 32.2. The third-order valence-corrected chi connectivity index (χ3v) is 3.13. The van der Waals surface area contributed by atoms with Crippen LogP contribution in [-0.2, 0) is 0 Å². The van der Waals surface area contributed by atoms with Crippen LogP contribution in [0.5, 0.6) is 0 Å². The van der Waals surface area contributed by atoms with Crippen molar-refractivity contribution in [2.75, 3.05) is 5.75 Å². The quantitative estimate of drug-likeness (QED) is 0.470. The molecule has 0 unspecified atom stereocenters. The Morgan fingerprint density at radius 3 is 2.75 bits per heavy atom. The first-order chi connectivity index (χ1) is 7.49. The highest BCUT2D eigenvalue weighted by molar-refractivity contribution is 7.99. The van der Waals surface area contributed by atoms with Crippen LogP contribution in [0.3, 0.4) is 0 Å². The molecular formula is C12H19N3S. The van der Waals surface area contributed by atoms with E-state index in [1.807, 2.05) is 19.1 Å². The number of rotatable bonds is 5. The molecule has 3 N–H and O–H groups in total. The third kappa shape index (κ3) is 4.23. The number of hydrogen-bond acceptors (Lipinski definition) is 3. The number of amidine groups is 1. The Morgan fingerprint density at radius 1 is 1.50 bits per heavy atom. The molecule has 88 valence electrons. The van der Waals surface area contributed by atoms with Crippen molar-refractivity contribution in [3.8, 4) is 0 Å². The molecule has 0 fully saturated rings. The van der Waals surface area contributed by atoms with Gasteiger partial charge in [0.1, 0.15) is 5.84 Å². The first-order valence-electron chi connectivity index (χ1n) is 5.45. The molecule has 0 saturated carbocycles. The van der Waals surface area contributed by atoms with Crippen molar-refractivity contribution in [2.45, 2.75) is 32.2 Å². The van der Waals surface area contributed by atoms with Gasteiger partial charge in [-0.1, -0.05) is 13.8 Å². The SMILES string of the molecule is Cc1cc(C(=N)N)cc(SCCC(C)C)n1. The monoisotopic (exact) mass is 237 g/mol. The lowest BCUT2D eigenvalue weighted by Gasteiger charge is -2.06. The Bertz CT molecular complexity index is 375. The zero-order valence-corrected chi connectivity index (χ0v) is 10.9. The molecule has 3 nitrogen and oxygen atoms in total. The van der Waals surface area contributed by atoms with Crippen LogP contribution in [-0.4, -0.2) is 16.6 Å². The number of nitrogens with one attached hydrogen (secondary N) is 1. The average Bonchev–Trinajstić information content (AvgIpc) is 2.16. The topological polar surface area (TPSA) is 62.8 Å². The number of nitrogens with zero attached hydrogens (tertiary/aromatic N) is 1. The number of nitrogen functional groups attached to an aromatic ring is 1. The van der Waals surface area contributed by atoms with Crippen molar-refractivity contribution in [3.05, 3.63) is 23.4 Å². The third-order valence-electron chi connectivity index (χ3n) is 2.19. The summed E-state index contributed by atoms with van der Waals surface area (Å²) >= 11 is 1.73. The number of aryl methyl sites for hydroxylation is 1. The maximum atomic E-state index is 7.41. The Labute approximate surface area is 101 Å². The van der Waals surface area contributed by atoms with Crippen LogP contribution < -0.4 is 5.73 Å². The van der Waals surface area contributed by atoms with Gasteiger partial charge in [0.2, 0.25) is 0 Å². The molecule has 0 aliphatic heterocycles. The van der Waals surface area contributed by atoms with Crippen LogP contribution in [0.15, 0.2) is 17.2 Å². The highest BCUT2D eigenvalue weighted by Gasteiger charge is 2.03. The van der Waals surface area contributed by atoms with Gasteiger partial charge < -0.3 is 5.73 Å². The lowest BCUT2D eigenvalue weighted by molar-refractivity contribution is 0.632. The number of nitrogens with two attached hydrogens (primary N) is 1. The molecule has 16 heavy (non-hydrogen) atoms. The summed E-state index contributed by atoms with van der Waals surface area (Å²) in [6, 6.07) is 3.73. The van der Waals surface area contributed by atoms with Gasteiger partial charge in [-0.2, -0.15) is 0 Å². The lowest BCUT2D eigenvalue weighted by atomic mass is 10.2. The Morgan fingerprint density at radius 2 is 2.19 bits per heavy atom. The number of thioether (sulfide) groups is 1. The molecule has 0 saturated heterocycles. The number of pyridine rings is 1. The van der Waals surface area contributed by atoms with E-state index in [0.717, 1.165) is 22.0 Å². The minimum atomic E-state index is 0.108. The Kier molecular flexibility index (Phi) is 4.80. The van der Waals surface area contributed by atoms with Crippen LogP contribution in [0.4, 0.5) is 0 Å². The van der Waals surface area contributed by atoms with Crippen molar-refractivity contribution >= 4 is 17.6 Å². The molecular weight excluding hydrogens is 218 g/mol. The van der Waals surface area contributed by atoms with E-state index in [4.69, 9.17) is 11.1 Å². The maximum Gasteiger partial charge on any atom is 0.122 e. The van der Waals surface area contributed by atoms with Gasteiger partial charge in [-0.15, -0.1) is 11.8 Å². The van der Waals surface area contributed by atoms with Crippen LogP contribution in [0.1, 0.15) is 31.5 Å². The fourth-order valence-electron chi connectivity index (χ4n) is 1.27. The molecule has 1 heterocycles. The van der Waals surface area contributed by atoms with Crippen LogP contribution >= 0.6 is 11.8 Å². The van der Waals surface area contributed by atoms with Gasteiger partial charge in [0, 0.05) is 11.3 Å². The van der Waals surface area contributed by atoms with Gasteiger partial charge in [-0.25, -0.2) is 4.98 Å². The van der Waals surface area contributed by atoms with Crippen LogP contribution in [0, 0.1) is 18.3 Å². The molecule has 0 atom stereocenters. The van der Waals surface area contributed by atoms with Crippen molar-refractivity contribution < 1.29 is 0 Å². The molecule has 1 rings (SSSR count). The van der Waals surface area contributed by atoms with E-state index in [2.05, 4.69) is 18.8 Å². The van der Waals surface area contributed by atoms with Crippen LogP contribution in [0.25, 0.3) is 0 Å². The smallest absolute Gasteiger partial charge is 0.122 e. The van der Waals surface area contributed by atoms with E-state index in [0.29, 0.717) is 5.92 Å². The van der Waals surface area contributed by atoms with Gasteiger partial charge in [0.15, 0.2) is 0 Å². The summed E-state index contributed by atoms with van der Waals surface area (Å²) in [5, 5.41) is 8.38. The fraction of sp³-hybridized carbons (Fsp3) is 0.500. The summed E-state index contributed by atoms with van der Waals surface area (Å²) in [5.74, 6) is 1.88. The second kappa shape index (κ2) is 5.89. The largest absolute Gasteiger partial charge is 0.384 e. The summed E-state index contributed by atoms with van der Waals surface area (Å²) < 4.78 is 0. The second-order valence-electron chi connectivity index (χ2n) is 4.28. The standard InChI is InChI=1S/C12H19N3S/c1-8(2)4-5-16-11-7-10(12(13)14)6-9(3)15-11/h6-8H,4-5H2,1-3H3,(H3,13,14). The zero-order chi connectivity index (χ0) is 12.1. The van der Waals surface area contributed by atoms with E-state index in [9.17, 15) is 0 Å². The summed E-state index contributed by atoms with van der Waals surface area (Å²) in [7, 11) is 0. The van der Waals surface area contributed by atoms with Gasteiger partial charge in [0.05, 0.1) is 5.03 Å². The van der Waals surface area contributed by atoms with E-state index < -0.39 is 0 Å². The summed E-state index contributed by atoms with van der Waals surface area (Å²) in [5.41, 5.74) is 7.15. The average molecular weight is 237 g/mol. The van der Waals surface area contributed by atoms with Crippen molar-refractivity contribution in [2.24, 2.45) is 11.7 Å². The molecule has 1 aromatic heterocycles. The summed E-state index contributed by atoms with van der Waals surface area (Å²) in [6.07, 6.45) is 1.18. The fourth-order valence-corrected chi connectivity index (χ4v) is 2.48. The Hall–Kier alpha value is -1.03. The molecule has 0 aliphatic rings. The van der Waals surface area contributed by atoms with Gasteiger partial charge in [0.25, 0.3) is 0 Å². The van der Waals surface area contributed by atoms with E-state index in [-0.39, 0.29) is 5.84 Å². The molecule has 0 amide bonds. The first kappa shape index (κ1) is 13.0. The number of aromatic nitrogens is 1. The van der Waals surface area contributed by atoms with E-state index >= 15 is 0 Å². The van der Waals surface area contributed by atoms with Crippen molar-refractivity contribution in [3.63, 3.8) is 0 Å². The van der Waals surface area contributed by atoms with Crippen LogP contribution in [0.2, 0.25) is 0 Å². The molecule has 0 aromatic carbocycles. The van der Waals surface area contributed by atoms with Crippen molar-refractivity contribution in [1.82, 2.24) is 4.98 Å². The Balaban J connectivity index is 2.69. The first-order valence-corrected chi connectivity index (χ1v) is 6.43. The number of hydrogen-bond donors (Lipinski definition) is 2. The molecule has 0 spiro atoms. The minimum Gasteiger partial charge on any atom is -0.384 e. The molecule has 0 aliphatic carbocycles. The maximum absolute atomic E-state index is 7.41. The summed E-state index contributed by atoms with van der Waals surface area (Å²) in [6.45, 7) is 6.36. The molecule has 4 heteroatoms. The van der Waals surface area contributed by atoms with E-state index in [1.165, 1.54) is 6.42 Å².